The molecule has 0 aliphatic heterocycles. The van der Waals surface area contributed by atoms with Crippen LogP contribution >= 0.6 is 31.9 Å². The average molecular weight is 429 g/mol. The van der Waals surface area contributed by atoms with Crippen molar-refractivity contribution in [3.8, 4) is 5.75 Å². The summed E-state index contributed by atoms with van der Waals surface area (Å²) in [5.74, 6) is 0.199. The second-order valence-electron chi connectivity index (χ2n) is 4.72. The van der Waals surface area contributed by atoms with Gasteiger partial charge in [0.2, 0.25) is 0 Å². The summed E-state index contributed by atoms with van der Waals surface area (Å²) >= 11 is 6.74. The Hall–Kier alpha value is -1.37. The number of hydrogen-bond acceptors (Lipinski definition) is 3. The van der Waals surface area contributed by atoms with Crippen LogP contribution in [0.5, 0.6) is 5.75 Å². The molecule has 116 valence electrons. The van der Waals surface area contributed by atoms with Gasteiger partial charge >= 0.3 is 0 Å². The summed E-state index contributed by atoms with van der Waals surface area (Å²) in [6.07, 6.45) is -0.536. The van der Waals surface area contributed by atoms with Crippen LogP contribution in [0.3, 0.4) is 0 Å². The zero-order chi connectivity index (χ0) is 16.3. The largest absolute Gasteiger partial charge is 0.495 e. The number of aliphatic hydroxyl groups excluding tert-OH is 1. The number of nitrogens with one attached hydrogen (secondary N) is 1. The monoisotopic (exact) mass is 427 g/mol. The number of hydrogen-bond donors (Lipinski definition) is 2. The fourth-order valence-corrected chi connectivity index (χ4v) is 3.37. The molecule has 2 N–H and O–H groups in total. The maximum absolute atomic E-state index is 12.4. The first-order chi connectivity index (χ1) is 10.4. The van der Waals surface area contributed by atoms with Crippen molar-refractivity contribution in [3.63, 3.8) is 0 Å². The number of amides is 1. The van der Waals surface area contributed by atoms with Crippen LogP contribution in [0, 0.1) is 0 Å². The van der Waals surface area contributed by atoms with Crippen molar-refractivity contribution in [1.82, 2.24) is 0 Å². The van der Waals surface area contributed by atoms with E-state index >= 15 is 0 Å². The number of ether oxygens (including phenoxy) is 1. The molecule has 0 saturated heterocycles. The lowest BCUT2D eigenvalue weighted by atomic mass is 10.1. The van der Waals surface area contributed by atoms with Gasteiger partial charge in [-0.1, -0.05) is 28.1 Å². The van der Waals surface area contributed by atoms with Gasteiger partial charge in [-0.3, -0.25) is 4.79 Å². The highest BCUT2D eigenvalue weighted by molar-refractivity contribution is 9.11. The van der Waals surface area contributed by atoms with Crippen molar-refractivity contribution in [1.29, 1.82) is 0 Å². The molecule has 22 heavy (non-hydrogen) atoms. The SMILES string of the molecule is COc1c(Br)cc(Br)cc1C(=O)Nc1ccc([C@H](C)O)cc1. The van der Waals surface area contributed by atoms with Crippen LogP contribution in [-0.4, -0.2) is 18.1 Å². The first-order valence-corrected chi connectivity index (χ1v) is 8.13. The lowest BCUT2D eigenvalue weighted by Gasteiger charge is -2.12. The molecule has 0 bridgehead atoms. The Morgan fingerprint density at radius 1 is 1.23 bits per heavy atom. The van der Waals surface area contributed by atoms with E-state index < -0.39 is 6.10 Å². The molecule has 2 aromatic carbocycles. The van der Waals surface area contributed by atoms with E-state index in [1.807, 2.05) is 6.07 Å². The van der Waals surface area contributed by atoms with Crippen molar-refractivity contribution in [2.75, 3.05) is 12.4 Å². The molecule has 2 rings (SSSR count). The van der Waals surface area contributed by atoms with E-state index in [2.05, 4.69) is 37.2 Å². The summed E-state index contributed by atoms with van der Waals surface area (Å²) in [6, 6.07) is 10.6. The molecule has 0 spiro atoms. The summed E-state index contributed by atoms with van der Waals surface area (Å²) in [7, 11) is 1.52. The van der Waals surface area contributed by atoms with Crippen LogP contribution in [-0.2, 0) is 0 Å². The van der Waals surface area contributed by atoms with Crippen LogP contribution < -0.4 is 10.1 Å². The predicted octanol–water partition coefficient (Wildman–Crippen LogP) is 4.53. The van der Waals surface area contributed by atoms with Gasteiger partial charge in [-0.15, -0.1) is 0 Å². The summed E-state index contributed by atoms with van der Waals surface area (Å²) in [5, 5.41) is 12.3. The number of aliphatic hydroxyl groups is 1. The van der Waals surface area contributed by atoms with E-state index in [4.69, 9.17) is 4.74 Å². The fourth-order valence-electron chi connectivity index (χ4n) is 1.98. The van der Waals surface area contributed by atoms with E-state index in [1.165, 1.54) is 7.11 Å². The fraction of sp³-hybridized carbons (Fsp3) is 0.188. The van der Waals surface area contributed by atoms with Gasteiger partial charge in [0, 0.05) is 10.2 Å². The van der Waals surface area contributed by atoms with Gasteiger partial charge < -0.3 is 15.2 Å². The zero-order valence-electron chi connectivity index (χ0n) is 12.1. The van der Waals surface area contributed by atoms with Gasteiger partial charge in [0.25, 0.3) is 5.91 Å². The highest BCUT2D eigenvalue weighted by Crippen LogP contribution is 2.33. The van der Waals surface area contributed by atoms with Crippen molar-refractivity contribution >= 4 is 43.5 Å². The molecule has 0 aliphatic carbocycles. The Morgan fingerprint density at radius 2 is 1.86 bits per heavy atom. The maximum atomic E-state index is 12.4. The van der Waals surface area contributed by atoms with Gasteiger partial charge in [0.05, 0.1) is 23.2 Å². The van der Waals surface area contributed by atoms with Crippen molar-refractivity contribution < 1.29 is 14.6 Å². The minimum atomic E-state index is -0.536. The van der Waals surface area contributed by atoms with Crippen LogP contribution in [0.4, 0.5) is 5.69 Å². The second kappa shape index (κ2) is 7.26. The van der Waals surface area contributed by atoms with Crippen LogP contribution in [0.25, 0.3) is 0 Å². The van der Waals surface area contributed by atoms with Gasteiger partial charge in [-0.2, -0.15) is 0 Å². The maximum Gasteiger partial charge on any atom is 0.259 e. The van der Waals surface area contributed by atoms with Crippen molar-refractivity contribution in [2.24, 2.45) is 0 Å². The Balaban J connectivity index is 2.25. The highest BCUT2D eigenvalue weighted by Gasteiger charge is 2.16. The first kappa shape index (κ1) is 17.0. The Morgan fingerprint density at radius 3 is 2.41 bits per heavy atom. The lowest BCUT2D eigenvalue weighted by molar-refractivity contribution is 0.102. The molecule has 4 nitrogen and oxygen atoms in total. The third-order valence-corrected chi connectivity index (χ3v) is 4.15. The van der Waals surface area contributed by atoms with E-state index in [1.54, 1.807) is 37.3 Å². The molecule has 0 fully saturated rings. The summed E-state index contributed by atoms with van der Waals surface area (Å²) in [5.41, 5.74) is 1.86. The normalized spacial score (nSPS) is 11.9. The second-order valence-corrected chi connectivity index (χ2v) is 6.49. The quantitative estimate of drug-likeness (QED) is 0.752. The average Bonchev–Trinajstić information content (AvgIpc) is 2.47. The number of methoxy groups -OCH3 is 1. The summed E-state index contributed by atoms with van der Waals surface area (Å²) in [6.45, 7) is 1.69. The summed E-state index contributed by atoms with van der Waals surface area (Å²) < 4.78 is 6.75. The molecule has 0 aromatic heterocycles. The predicted molar refractivity (Wildman–Crippen MR) is 93.4 cm³/mol. The van der Waals surface area contributed by atoms with E-state index in [0.29, 0.717) is 21.5 Å². The minimum Gasteiger partial charge on any atom is -0.495 e. The highest BCUT2D eigenvalue weighted by atomic mass is 79.9. The molecule has 1 amide bonds. The van der Waals surface area contributed by atoms with Crippen LogP contribution in [0.15, 0.2) is 45.3 Å². The Kier molecular flexibility index (Phi) is 5.61. The molecule has 0 radical (unpaired) electrons. The molecular weight excluding hydrogens is 414 g/mol. The zero-order valence-corrected chi connectivity index (χ0v) is 15.2. The van der Waals surface area contributed by atoms with Crippen molar-refractivity contribution in [2.45, 2.75) is 13.0 Å². The Bertz CT molecular complexity index is 685. The van der Waals surface area contributed by atoms with Gasteiger partial charge in [-0.25, -0.2) is 0 Å². The third kappa shape index (κ3) is 3.88. The molecule has 0 saturated carbocycles. The van der Waals surface area contributed by atoms with Crippen LogP contribution in [0.1, 0.15) is 28.9 Å². The van der Waals surface area contributed by atoms with Gasteiger partial charge in [0.15, 0.2) is 0 Å². The van der Waals surface area contributed by atoms with Crippen molar-refractivity contribution in [3.05, 3.63) is 56.5 Å². The molecule has 0 unspecified atom stereocenters. The number of halogens is 2. The topological polar surface area (TPSA) is 58.6 Å². The molecule has 0 heterocycles. The molecule has 0 aliphatic rings. The van der Waals surface area contributed by atoms with Crippen LogP contribution in [0.2, 0.25) is 0 Å². The lowest BCUT2D eigenvalue weighted by Crippen LogP contribution is -2.13. The molecule has 6 heteroatoms. The third-order valence-electron chi connectivity index (χ3n) is 3.11. The number of anilines is 1. The number of benzene rings is 2. The number of rotatable bonds is 4. The van der Waals surface area contributed by atoms with Gasteiger partial charge in [-0.05, 0) is 52.7 Å². The first-order valence-electron chi connectivity index (χ1n) is 6.54. The molecular formula is C16H15Br2NO3. The standard InChI is InChI=1S/C16H15Br2NO3/c1-9(20)10-3-5-12(6-4-10)19-16(21)13-7-11(17)8-14(18)15(13)22-2/h3-9,20H,1-2H3,(H,19,21)/t9-/m0/s1. The van der Waals surface area contributed by atoms with Gasteiger partial charge in [0.1, 0.15) is 5.75 Å². The van der Waals surface area contributed by atoms with E-state index in [0.717, 1.165) is 10.0 Å². The molecule has 2 aromatic rings. The number of carbonyl (C=O) groups is 1. The van der Waals surface area contributed by atoms with E-state index in [-0.39, 0.29) is 5.91 Å². The number of carbonyl (C=O) groups excluding carboxylic acids is 1. The van der Waals surface area contributed by atoms with E-state index in [9.17, 15) is 9.90 Å². The smallest absolute Gasteiger partial charge is 0.259 e. The summed E-state index contributed by atoms with van der Waals surface area (Å²) in [4.78, 5) is 12.4. The minimum absolute atomic E-state index is 0.274. The Labute approximate surface area is 145 Å². The molecule has 1 atom stereocenters.